The lowest BCUT2D eigenvalue weighted by Crippen LogP contribution is -2.27. The van der Waals surface area contributed by atoms with E-state index in [-0.39, 0.29) is 5.91 Å². The summed E-state index contributed by atoms with van der Waals surface area (Å²) in [6.45, 7) is 4.10. The second-order valence-corrected chi connectivity index (χ2v) is 6.70. The maximum atomic E-state index is 11.5. The molecule has 0 N–H and O–H groups in total. The zero-order chi connectivity index (χ0) is 15.2. The van der Waals surface area contributed by atoms with E-state index in [1.165, 1.54) is 23.1 Å². The van der Waals surface area contributed by atoms with Gasteiger partial charge in [-0.3, -0.25) is 9.69 Å². The molecule has 0 fully saturated rings. The minimum absolute atomic E-state index is 0.00432. The summed E-state index contributed by atoms with van der Waals surface area (Å²) >= 11 is 4.56. The molecular formula is C12H16N4O2S3. The smallest absolute Gasteiger partial charge is 0.276 e. The number of aromatic nitrogens is 3. The fraction of sp³-hybridized carbons (Fsp3) is 0.500. The largest absolute Gasteiger partial charge is 0.415 e. The number of hydrogen-bond acceptors (Lipinski definition) is 8. The number of carbonyl (C=O) groups excluding carboxylic acids is 1. The van der Waals surface area contributed by atoms with E-state index in [1.54, 1.807) is 23.6 Å². The van der Waals surface area contributed by atoms with Crippen LogP contribution in [0.1, 0.15) is 25.4 Å². The summed E-state index contributed by atoms with van der Waals surface area (Å²) in [5.41, 5.74) is 0.907. The zero-order valence-electron chi connectivity index (χ0n) is 12.0. The molecule has 1 amide bonds. The summed E-state index contributed by atoms with van der Waals surface area (Å²) in [7, 11) is 0. The van der Waals surface area contributed by atoms with Crippen LogP contribution >= 0.6 is 34.9 Å². The van der Waals surface area contributed by atoms with Crippen LogP contribution in [0, 0.1) is 0 Å². The van der Waals surface area contributed by atoms with Crippen LogP contribution in [-0.4, -0.2) is 33.9 Å². The molecule has 0 aliphatic carbocycles. The highest BCUT2D eigenvalue weighted by Crippen LogP contribution is 2.26. The molecule has 0 aliphatic rings. The summed E-state index contributed by atoms with van der Waals surface area (Å²) < 4.78 is 5.49. The van der Waals surface area contributed by atoms with Gasteiger partial charge in [-0.1, -0.05) is 11.8 Å². The van der Waals surface area contributed by atoms with Crippen LogP contribution in [0.4, 0.5) is 5.13 Å². The van der Waals surface area contributed by atoms with E-state index in [4.69, 9.17) is 4.42 Å². The van der Waals surface area contributed by atoms with E-state index in [9.17, 15) is 4.79 Å². The second kappa shape index (κ2) is 7.81. The van der Waals surface area contributed by atoms with Gasteiger partial charge in [0, 0.05) is 24.6 Å². The van der Waals surface area contributed by atoms with Crippen molar-refractivity contribution < 1.29 is 9.21 Å². The average Bonchev–Trinajstić information content (AvgIpc) is 3.07. The van der Waals surface area contributed by atoms with Crippen LogP contribution in [0.3, 0.4) is 0 Å². The summed E-state index contributed by atoms with van der Waals surface area (Å²) in [5, 5.41) is 11.2. The van der Waals surface area contributed by atoms with Gasteiger partial charge < -0.3 is 4.42 Å². The highest BCUT2D eigenvalue weighted by molar-refractivity contribution is 7.98. The molecule has 2 heterocycles. The van der Waals surface area contributed by atoms with Crippen molar-refractivity contribution in [2.45, 2.75) is 30.6 Å². The molecule has 0 atom stereocenters. The van der Waals surface area contributed by atoms with Gasteiger partial charge in [0.2, 0.25) is 11.8 Å². The molecule has 0 aromatic carbocycles. The van der Waals surface area contributed by atoms with E-state index >= 15 is 0 Å². The fourth-order valence-electron chi connectivity index (χ4n) is 1.59. The van der Waals surface area contributed by atoms with Crippen molar-refractivity contribution in [3.8, 4) is 0 Å². The fourth-order valence-corrected chi connectivity index (χ4v) is 3.67. The third kappa shape index (κ3) is 4.45. The van der Waals surface area contributed by atoms with Crippen molar-refractivity contribution >= 4 is 45.9 Å². The second-order valence-electron chi connectivity index (χ2n) is 4.07. The number of anilines is 1. The van der Waals surface area contributed by atoms with Gasteiger partial charge in [0.15, 0.2) is 5.13 Å². The number of rotatable bonds is 7. The number of nitrogens with zero attached hydrogens (tertiary/aromatic N) is 4. The molecule has 114 valence electrons. The van der Waals surface area contributed by atoms with Crippen molar-refractivity contribution in [3.63, 3.8) is 0 Å². The molecule has 0 radical (unpaired) electrons. The third-order valence-corrected chi connectivity index (χ3v) is 4.83. The van der Waals surface area contributed by atoms with Crippen LogP contribution in [0.15, 0.2) is 15.0 Å². The highest BCUT2D eigenvalue weighted by atomic mass is 32.2. The predicted molar refractivity (Wildman–Crippen MR) is 86.9 cm³/mol. The van der Waals surface area contributed by atoms with Crippen LogP contribution in [0.5, 0.6) is 0 Å². The van der Waals surface area contributed by atoms with Crippen molar-refractivity contribution in [1.82, 2.24) is 15.2 Å². The van der Waals surface area contributed by atoms with Gasteiger partial charge in [0.05, 0.1) is 11.4 Å². The molecule has 6 nitrogen and oxygen atoms in total. The Morgan fingerprint density at radius 2 is 2.24 bits per heavy atom. The Morgan fingerprint density at radius 3 is 2.90 bits per heavy atom. The minimum atomic E-state index is 0.00432. The minimum Gasteiger partial charge on any atom is -0.415 e. The van der Waals surface area contributed by atoms with Crippen LogP contribution in [0.2, 0.25) is 0 Å². The zero-order valence-corrected chi connectivity index (χ0v) is 14.5. The van der Waals surface area contributed by atoms with E-state index < -0.39 is 0 Å². The molecule has 0 saturated heterocycles. The van der Waals surface area contributed by atoms with Crippen molar-refractivity contribution in [2.75, 3.05) is 17.7 Å². The highest BCUT2D eigenvalue weighted by Gasteiger charge is 2.14. The van der Waals surface area contributed by atoms with Gasteiger partial charge >= 0.3 is 0 Å². The maximum Gasteiger partial charge on any atom is 0.276 e. The van der Waals surface area contributed by atoms with Crippen molar-refractivity contribution in [2.24, 2.45) is 0 Å². The van der Waals surface area contributed by atoms with Gasteiger partial charge in [-0.15, -0.1) is 21.5 Å². The molecule has 0 unspecified atom stereocenters. The topological polar surface area (TPSA) is 72.1 Å². The molecular weight excluding hydrogens is 328 g/mol. The molecule has 0 bridgehead atoms. The van der Waals surface area contributed by atoms with E-state index in [0.29, 0.717) is 23.4 Å². The van der Waals surface area contributed by atoms with E-state index in [1.807, 2.05) is 18.6 Å². The number of amides is 1. The molecule has 9 heteroatoms. The number of carbonyl (C=O) groups is 1. The molecule has 2 rings (SSSR count). The van der Waals surface area contributed by atoms with Crippen molar-refractivity contribution in [1.29, 1.82) is 0 Å². The number of thiazole rings is 1. The molecule has 0 saturated carbocycles. The molecule has 0 spiro atoms. The Kier molecular flexibility index (Phi) is 6.07. The van der Waals surface area contributed by atoms with E-state index in [2.05, 4.69) is 15.2 Å². The predicted octanol–water partition coefficient (Wildman–Crippen LogP) is 3.05. The Balaban J connectivity index is 1.94. The van der Waals surface area contributed by atoms with Crippen LogP contribution in [0.25, 0.3) is 0 Å². The van der Waals surface area contributed by atoms with Gasteiger partial charge in [-0.05, 0) is 13.2 Å². The Labute approximate surface area is 135 Å². The lowest BCUT2D eigenvalue weighted by atomic mass is 10.5. The molecule has 0 aliphatic heterocycles. The first kappa shape index (κ1) is 16.3. The van der Waals surface area contributed by atoms with Crippen molar-refractivity contribution in [3.05, 3.63) is 17.0 Å². The first-order valence-corrected chi connectivity index (χ1v) is 9.56. The number of thioether (sulfide) groups is 2. The third-order valence-electron chi connectivity index (χ3n) is 2.53. The summed E-state index contributed by atoms with van der Waals surface area (Å²) in [6, 6.07) is 0. The first-order chi connectivity index (χ1) is 10.1. The standard InChI is InChI=1S/C12H16N4O2S3/c1-4-16(8(2)17)11-13-9(5-20-11)6-21-12-15-14-10(18-12)7-19-3/h5H,4,6-7H2,1-3H3. The summed E-state index contributed by atoms with van der Waals surface area (Å²) in [5.74, 6) is 2.01. The van der Waals surface area contributed by atoms with Gasteiger partial charge in [-0.2, -0.15) is 11.8 Å². The lowest BCUT2D eigenvalue weighted by Gasteiger charge is -2.14. The summed E-state index contributed by atoms with van der Waals surface area (Å²) in [6.07, 6.45) is 1.99. The number of hydrogen-bond donors (Lipinski definition) is 0. The van der Waals surface area contributed by atoms with Gasteiger partial charge in [0.25, 0.3) is 5.22 Å². The lowest BCUT2D eigenvalue weighted by molar-refractivity contribution is -0.116. The maximum absolute atomic E-state index is 11.5. The van der Waals surface area contributed by atoms with Gasteiger partial charge in [-0.25, -0.2) is 4.98 Å². The van der Waals surface area contributed by atoms with E-state index in [0.717, 1.165) is 16.6 Å². The average molecular weight is 344 g/mol. The quantitative estimate of drug-likeness (QED) is 0.715. The Hall–Kier alpha value is -1.06. The van der Waals surface area contributed by atoms with Gasteiger partial charge in [0.1, 0.15) is 0 Å². The van der Waals surface area contributed by atoms with Crippen LogP contribution < -0.4 is 4.90 Å². The molecule has 2 aromatic heterocycles. The summed E-state index contributed by atoms with van der Waals surface area (Å²) in [4.78, 5) is 17.6. The normalized spacial score (nSPS) is 10.8. The Bertz CT molecular complexity index is 599. The molecule has 21 heavy (non-hydrogen) atoms. The molecule has 2 aromatic rings. The Morgan fingerprint density at radius 1 is 1.43 bits per heavy atom. The monoisotopic (exact) mass is 344 g/mol. The SMILES string of the molecule is CCN(C(C)=O)c1nc(CSc2nnc(CSC)o2)cs1. The van der Waals surface area contributed by atoms with Crippen LogP contribution in [-0.2, 0) is 16.3 Å². The first-order valence-electron chi connectivity index (χ1n) is 6.30.